The zero-order chi connectivity index (χ0) is 16.0. The van der Waals surface area contributed by atoms with Gasteiger partial charge in [0, 0.05) is 30.6 Å². The minimum atomic E-state index is -0.991. The van der Waals surface area contributed by atoms with Gasteiger partial charge in [-0.3, -0.25) is 4.79 Å². The SMILES string of the molecule is CCNC(=O)CCNc1cc(C(=O)O)cc(C(C)(C)C)n1. The number of carbonyl (C=O) groups is 2. The predicted octanol–water partition coefficient (Wildman–Crippen LogP) is 2.02. The summed E-state index contributed by atoms with van der Waals surface area (Å²) in [6.45, 7) is 8.78. The van der Waals surface area contributed by atoms with E-state index in [-0.39, 0.29) is 16.9 Å². The molecule has 1 aromatic rings. The number of carbonyl (C=O) groups excluding carboxylic acids is 1. The van der Waals surface area contributed by atoms with Crippen molar-refractivity contribution in [1.29, 1.82) is 0 Å². The molecule has 3 N–H and O–H groups in total. The van der Waals surface area contributed by atoms with E-state index in [2.05, 4.69) is 15.6 Å². The first kappa shape index (κ1) is 16.9. The molecule has 0 spiro atoms. The molecule has 0 aromatic carbocycles. The number of aromatic nitrogens is 1. The summed E-state index contributed by atoms with van der Waals surface area (Å²) >= 11 is 0. The normalized spacial score (nSPS) is 11.0. The van der Waals surface area contributed by atoms with Crippen molar-refractivity contribution in [2.45, 2.75) is 39.5 Å². The highest BCUT2D eigenvalue weighted by Crippen LogP contribution is 2.23. The van der Waals surface area contributed by atoms with Crippen molar-refractivity contribution in [3.05, 3.63) is 23.4 Å². The summed E-state index contributed by atoms with van der Waals surface area (Å²) in [6, 6.07) is 3.06. The van der Waals surface area contributed by atoms with Gasteiger partial charge in [0.1, 0.15) is 5.82 Å². The summed E-state index contributed by atoms with van der Waals surface area (Å²) in [4.78, 5) is 27.0. The third-order valence-corrected chi connectivity index (χ3v) is 2.87. The standard InChI is InChI=1S/C15H23N3O3/c1-5-16-13(19)6-7-17-12-9-10(14(20)21)8-11(18-12)15(2,3)4/h8-9H,5-7H2,1-4H3,(H,16,19)(H,17,18)(H,20,21). The van der Waals surface area contributed by atoms with E-state index in [0.29, 0.717) is 31.0 Å². The van der Waals surface area contributed by atoms with Crippen LogP contribution in [-0.4, -0.2) is 35.1 Å². The zero-order valence-electron chi connectivity index (χ0n) is 13.0. The molecule has 0 aliphatic heterocycles. The Balaban J connectivity index is 2.84. The van der Waals surface area contributed by atoms with Crippen molar-refractivity contribution in [2.75, 3.05) is 18.4 Å². The number of carboxylic acid groups (broad SMARTS) is 1. The molecule has 0 unspecified atom stereocenters. The lowest BCUT2D eigenvalue weighted by molar-refractivity contribution is -0.120. The molecule has 0 saturated heterocycles. The second-order valence-corrected chi connectivity index (χ2v) is 5.81. The van der Waals surface area contributed by atoms with Crippen molar-refractivity contribution in [2.24, 2.45) is 0 Å². The molecule has 0 saturated carbocycles. The molecule has 1 heterocycles. The molecule has 1 amide bonds. The van der Waals surface area contributed by atoms with Crippen LogP contribution in [0.2, 0.25) is 0 Å². The molecule has 0 atom stereocenters. The summed E-state index contributed by atoms with van der Waals surface area (Å²) in [5, 5.41) is 14.9. The minimum absolute atomic E-state index is 0.0459. The highest BCUT2D eigenvalue weighted by molar-refractivity contribution is 5.88. The van der Waals surface area contributed by atoms with E-state index in [1.807, 2.05) is 27.7 Å². The van der Waals surface area contributed by atoms with Crippen molar-refractivity contribution in [3.63, 3.8) is 0 Å². The van der Waals surface area contributed by atoms with Gasteiger partial charge in [0.05, 0.1) is 5.56 Å². The summed E-state index contributed by atoms with van der Waals surface area (Å²) in [5.41, 5.74) is 0.639. The van der Waals surface area contributed by atoms with Gasteiger partial charge in [-0.1, -0.05) is 20.8 Å². The highest BCUT2D eigenvalue weighted by atomic mass is 16.4. The van der Waals surface area contributed by atoms with Crippen LogP contribution in [-0.2, 0) is 10.2 Å². The van der Waals surface area contributed by atoms with Crippen molar-refractivity contribution < 1.29 is 14.7 Å². The fourth-order valence-corrected chi connectivity index (χ4v) is 1.72. The van der Waals surface area contributed by atoms with E-state index in [1.54, 1.807) is 6.07 Å². The van der Waals surface area contributed by atoms with Gasteiger partial charge in [0.15, 0.2) is 0 Å². The lowest BCUT2D eigenvalue weighted by atomic mass is 9.91. The van der Waals surface area contributed by atoms with Crippen molar-refractivity contribution in [1.82, 2.24) is 10.3 Å². The Hall–Kier alpha value is -2.11. The summed E-state index contributed by atoms with van der Waals surface area (Å²) in [6.07, 6.45) is 0.317. The Morgan fingerprint density at radius 2 is 1.95 bits per heavy atom. The van der Waals surface area contributed by atoms with Crippen LogP contribution in [0, 0.1) is 0 Å². The van der Waals surface area contributed by atoms with E-state index < -0.39 is 5.97 Å². The van der Waals surface area contributed by atoms with E-state index in [9.17, 15) is 9.59 Å². The third-order valence-electron chi connectivity index (χ3n) is 2.87. The Labute approximate surface area is 125 Å². The van der Waals surface area contributed by atoms with Crippen LogP contribution < -0.4 is 10.6 Å². The van der Waals surface area contributed by atoms with E-state index in [4.69, 9.17) is 5.11 Å². The van der Waals surface area contributed by atoms with Gasteiger partial charge in [-0.25, -0.2) is 9.78 Å². The van der Waals surface area contributed by atoms with E-state index in [1.165, 1.54) is 6.07 Å². The number of hydrogen-bond acceptors (Lipinski definition) is 4. The Bertz CT molecular complexity index is 521. The summed E-state index contributed by atoms with van der Waals surface area (Å²) < 4.78 is 0. The van der Waals surface area contributed by atoms with Gasteiger partial charge in [-0.15, -0.1) is 0 Å². The second-order valence-electron chi connectivity index (χ2n) is 5.81. The van der Waals surface area contributed by atoms with E-state index in [0.717, 1.165) is 0 Å². The predicted molar refractivity (Wildman–Crippen MR) is 81.7 cm³/mol. The number of aromatic carboxylic acids is 1. The Morgan fingerprint density at radius 3 is 2.48 bits per heavy atom. The fourth-order valence-electron chi connectivity index (χ4n) is 1.72. The number of nitrogens with one attached hydrogen (secondary N) is 2. The quantitative estimate of drug-likeness (QED) is 0.746. The number of carboxylic acids is 1. The monoisotopic (exact) mass is 293 g/mol. The van der Waals surface area contributed by atoms with Crippen LogP contribution in [0.4, 0.5) is 5.82 Å². The molecule has 0 aliphatic carbocycles. The average molecular weight is 293 g/mol. The third kappa shape index (κ3) is 5.41. The van der Waals surface area contributed by atoms with Crippen LogP contribution >= 0.6 is 0 Å². The van der Waals surface area contributed by atoms with Crippen molar-refractivity contribution in [3.8, 4) is 0 Å². The maximum absolute atomic E-state index is 11.4. The molecule has 0 aliphatic rings. The Kier molecular flexibility index (Phi) is 5.69. The number of nitrogens with zero attached hydrogens (tertiary/aromatic N) is 1. The smallest absolute Gasteiger partial charge is 0.335 e. The minimum Gasteiger partial charge on any atom is -0.478 e. The number of hydrogen-bond donors (Lipinski definition) is 3. The van der Waals surface area contributed by atoms with Crippen LogP contribution in [0.25, 0.3) is 0 Å². The van der Waals surface area contributed by atoms with Gasteiger partial charge in [-0.2, -0.15) is 0 Å². The number of anilines is 1. The molecule has 116 valence electrons. The maximum atomic E-state index is 11.4. The van der Waals surface area contributed by atoms with Gasteiger partial charge >= 0.3 is 5.97 Å². The molecule has 6 nitrogen and oxygen atoms in total. The fraction of sp³-hybridized carbons (Fsp3) is 0.533. The zero-order valence-corrected chi connectivity index (χ0v) is 13.0. The Morgan fingerprint density at radius 1 is 1.29 bits per heavy atom. The molecule has 1 aromatic heterocycles. The van der Waals surface area contributed by atoms with Gasteiger partial charge in [-0.05, 0) is 19.1 Å². The maximum Gasteiger partial charge on any atom is 0.335 e. The number of pyridine rings is 1. The lowest BCUT2D eigenvalue weighted by Gasteiger charge is -2.19. The molecule has 0 fully saturated rings. The molecular formula is C15H23N3O3. The van der Waals surface area contributed by atoms with Crippen LogP contribution in [0.3, 0.4) is 0 Å². The lowest BCUT2D eigenvalue weighted by Crippen LogP contribution is -2.25. The van der Waals surface area contributed by atoms with Crippen LogP contribution in [0.1, 0.15) is 50.2 Å². The highest BCUT2D eigenvalue weighted by Gasteiger charge is 2.19. The molecular weight excluding hydrogens is 270 g/mol. The molecule has 21 heavy (non-hydrogen) atoms. The topological polar surface area (TPSA) is 91.3 Å². The first-order valence-corrected chi connectivity index (χ1v) is 7.00. The van der Waals surface area contributed by atoms with Gasteiger partial charge in [0.25, 0.3) is 0 Å². The first-order valence-electron chi connectivity index (χ1n) is 7.00. The van der Waals surface area contributed by atoms with Crippen LogP contribution in [0.15, 0.2) is 12.1 Å². The average Bonchev–Trinajstić information content (AvgIpc) is 2.37. The van der Waals surface area contributed by atoms with E-state index >= 15 is 0 Å². The van der Waals surface area contributed by atoms with Crippen molar-refractivity contribution >= 4 is 17.7 Å². The molecule has 6 heteroatoms. The molecule has 0 radical (unpaired) electrons. The molecule has 0 bridgehead atoms. The number of amides is 1. The van der Waals surface area contributed by atoms with Crippen LogP contribution in [0.5, 0.6) is 0 Å². The summed E-state index contributed by atoms with van der Waals surface area (Å²) in [5.74, 6) is -0.561. The number of rotatable bonds is 6. The van der Waals surface area contributed by atoms with Gasteiger partial charge < -0.3 is 15.7 Å². The first-order chi connectivity index (χ1) is 9.74. The molecule has 1 rings (SSSR count). The van der Waals surface area contributed by atoms with Gasteiger partial charge in [0.2, 0.25) is 5.91 Å². The second kappa shape index (κ2) is 7.06. The largest absolute Gasteiger partial charge is 0.478 e. The summed E-state index contributed by atoms with van der Waals surface area (Å²) in [7, 11) is 0.